The van der Waals surface area contributed by atoms with Crippen LogP contribution >= 0.6 is 0 Å². The van der Waals surface area contributed by atoms with Crippen molar-refractivity contribution < 1.29 is 9.53 Å². The number of carbonyl (C=O) groups excluding carboxylic acids is 1. The van der Waals surface area contributed by atoms with Gasteiger partial charge in [0.25, 0.3) is 0 Å². The summed E-state index contributed by atoms with van der Waals surface area (Å²) in [6.07, 6.45) is 0.497. The van der Waals surface area contributed by atoms with Crippen molar-refractivity contribution in [3.63, 3.8) is 0 Å². The maximum absolute atomic E-state index is 11.7. The standard InChI is InChI=1S/C16H27N3O2/c1-6-7-17-16(20)21-15-9-13(11-18(2)3)8-14(10-15)12-19(4)5/h8-10H,6-7,11-12H2,1-5H3,(H,17,20). The van der Waals surface area contributed by atoms with Crippen LogP contribution in [0.2, 0.25) is 0 Å². The zero-order valence-corrected chi connectivity index (χ0v) is 13.8. The molecule has 118 valence electrons. The predicted octanol–water partition coefficient (Wildman–Crippen LogP) is 2.31. The summed E-state index contributed by atoms with van der Waals surface area (Å²) in [4.78, 5) is 15.9. The van der Waals surface area contributed by atoms with Crippen LogP contribution in [0.4, 0.5) is 4.79 Å². The third-order valence-electron chi connectivity index (χ3n) is 2.75. The molecular weight excluding hydrogens is 266 g/mol. The van der Waals surface area contributed by atoms with Gasteiger partial charge in [0.15, 0.2) is 0 Å². The molecule has 0 aliphatic carbocycles. The van der Waals surface area contributed by atoms with Gasteiger partial charge in [-0.15, -0.1) is 0 Å². The summed E-state index contributed by atoms with van der Waals surface area (Å²) >= 11 is 0. The topological polar surface area (TPSA) is 44.8 Å². The highest BCUT2D eigenvalue weighted by atomic mass is 16.6. The molecule has 0 heterocycles. The van der Waals surface area contributed by atoms with Crippen molar-refractivity contribution in [2.24, 2.45) is 0 Å². The molecule has 0 bridgehead atoms. The van der Waals surface area contributed by atoms with Gasteiger partial charge in [-0.25, -0.2) is 4.79 Å². The number of carbonyl (C=O) groups is 1. The van der Waals surface area contributed by atoms with Gasteiger partial charge in [0, 0.05) is 19.6 Å². The number of amides is 1. The minimum Gasteiger partial charge on any atom is -0.410 e. The van der Waals surface area contributed by atoms with E-state index >= 15 is 0 Å². The molecular formula is C16H27N3O2. The number of benzene rings is 1. The Hall–Kier alpha value is -1.59. The van der Waals surface area contributed by atoms with Gasteiger partial charge in [0.1, 0.15) is 5.75 Å². The first-order valence-electron chi connectivity index (χ1n) is 7.28. The smallest absolute Gasteiger partial charge is 0.410 e. The van der Waals surface area contributed by atoms with Crippen molar-refractivity contribution in [3.05, 3.63) is 29.3 Å². The van der Waals surface area contributed by atoms with Crippen LogP contribution in [0.1, 0.15) is 24.5 Å². The molecule has 0 unspecified atom stereocenters. The normalized spacial score (nSPS) is 11.0. The van der Waals surface area contributed by atoms with E-state index in [2.05, 4.69) is 21.2 Å². The molecule has 0 saturated carbocycles. The second kappa shape index (κ2) is 8.64. The van der Waals surface area contributed by atoms with Gasteiger partial charge in [0.2, 0.25) is 0 Å². The summed E-state index contributed by atoms with van der Waals surface area (Å²) in [5.74, 6) is 0.597. The van der Waals surface area contributed by atoms with Gasteiger partial charge in [0.05, 0.1) is 0 Å². The molecule has 21 heavy (non-hydrogen) atoms. The Labute approximate surface area is 127 Å². The van der Waals surface area contributed by atoms with Gasteiger partial charge < -0.3 is 19.9 Å². The summed E-state index contributed by atoms with van der Waals surface area (Å²) in [5, 5.41) is 2.72. The number of rotatable bonds is 7. The van der Waals surface area contributed by atoms with Crippen LogP contribution in [-0.2, 0) is 13.1 Å². The average Bonchev–Trinajstić information content (AvgIpc) is 2.34. The summed E-state index contributed by atoms with van der Waals surface area (Å²) in [7, 11) is 8.08. The fourth-order valence-electron chi connectivity index (χ4n) is 2.07. The SMILES string of the molecule is CCCNC(=O)Oc1cc(CN(C)C)cc(CN(C)C)c1. The minimum atomic E-state index is -0.394. The Morgan fingerprint density at radius 2 is 1.57 bits per heavy atom. The van der Waals surface area contributed by atoms with Gasteiger partial charge >= 0.3 is 6.09 Å². The van der Waals surface area contributed by atoms with Gasteiger partial charge in [-0.2, -0.15) is 0 Å². The minimum absolute atomic E-state index is 0.394. The van der Waals surface area contributed by atoms with Crippen LogP contribution in [0.15, 0.2) is 18.2 Å². The van der Waals surface area contributed by atoms with Crippen molar-refractivity contribution in [2.45, 2.75) is 26.4 Å². The number of hydrogen-bond acceptors (Lipinski definition) is 4. The first-order valence-corrected chi connectivity index (χ1v) is 7.28. The summed E-state index contributed by atoms with van der Waals surface area (Å²) in [6, 6.07) is 5.99. The van der Waals surface area contributed by atoms with Gasteiger partial charge in [-0.05, 0) is 57.9 Å². The van der Waals surface area contributed by atoms with E-state index in [4.69, 9.17) is 4.74 Å². The second-order valence-electron chi connectivity index (χ2n) is 5.78. The Balaban J connectivity index is 2.87. The monoisotopic (exact) mass is 293 g/mol. The van der Waals surface area contributed by atoms with E-state index in [0.29, 0.717) is 12.3 Å². The average molecular weight is 293 g/mol. The van der Waals surface area contributed by atoms with Crippen LogP contribution in [0.5, 0.6) is 5.75 Å². The lowest BCUT2D eigenvalue weighted by Crippen LogP contribution is -2.27. The molecule has 5 nitrogen and oxygen atoms in total. The Morgan fingerprint density at radius 3 is 2.00 bits per heavy atom. The predicted molar refractivity (Wildman–Crippen MR) is 85.5 cm³/mol. The quantitative estimate of drug-likeness (QED) is 0.838. The summed E-state index contributed by atoms with van der Waals surface area (Å²) in [6.45, 7) is 4.26. The molecule has 0 spiro atoms. The number of ether oxygens (including phenoxy) is 1. The Morgan fingerprint density at radius 1 is 1.05 bits per heavy atom. The van der Waals surface area contributed by atoms with E-state index in [-0.39, 0.29) is 0 Å². The first kappa shape index (κ1) is 17.5. The molecule has 1 amide bonds. The third kappa shape index (κ3) is 7.11. The van der Waals surface area contributed by atoms with Crippen LogP contribution < -0.4 is 10.1 Å². The van der Waals surface area contributed by atoms with Crippen LogP contribution in [-0.4, -0.2) is 50.6 Å². The zero-order valence-electron chi connectivity index (χ0n) is 13.8. The van der Waals surface area contributed by atoms with E-state index in [9.17, 15) is 4.79 Å². The van der Waals surface area contributed by atoms with Crippen molar-refractivity contribution in [3.8, 4) is 5.75 Å². The molecule has 1 aromatic rings. The van der Waals surface area contributed by atoms with Crippen LogP contribution in [0.25, 0.3) is 0 Å². The van der Waals surface area contributed by atoms with Crippen molar-refractivity contribution in [1.82, 2.24) is 15.1 Å². The lowest BCUT2D eigenvalue weighted by Gasteiger charge is -2.16. The fourth-order valence-corrected chi connectivity index (χ4v) is 2.07. The zero-order chi connectivity index (χ0) is 15.8. The number of nitrogens with zero attached hydrogens (tertiary/aromatic N) is 2. The van der Waals surface area contributed by atoms with Gasteiger partial charge in [-0.3, -0.25) is 0 Å². The maximum atomic E-state index is 11.7. The molecule has 0 aliphatic heterocycles. The maximum Gasteiger partial charge on any atom is 0.412 e. The Kier molecular flexibility index (Phi) is 7.19. The molecule has 1 rings (SSSR count). The highest BCUT2D eigenvalue weighted by Crippen LogP contribution is 2.19. The van der Waals surface area contributed by atoms with E-state index < -0.39 is 6.09 Å². The van der Waals surface area contributed by atoms with E-state index in [1.165, 1.54) is 0 Å². The molecule has 5 heteroatoms. The molecule has 0 aromatic heterocycles. The highest BCUT2D eigenvalue weighted by Gasteiger charge is 2.08. The van der Waals surface area contributed by atoms with Gasteiger partial charge in [-0.1, -0.05) is 13.0 Å². The summed E-state index contributed by atoms with van der Waals surface area (Å²) in [5.41, 5.74) is 2.27. The molecule has 0 saturated heterocycles. The van der Waals surface area contributed by atoms with E-state index in [1.54, 1.807) is 0 Å². The highest BCUT2D eigenvalue weighted by molar-refractivity contribution is 5.70. The lowest BCUT2D eigenvalue weighted by molar-refractivity contribution is 0.200. The Bertz CT molecular complexity index is 431. The third-order valence-corrected chi connectivity index (χ3v) is 2.75. The second-order valence-corrected chi connectivity index (χ2v) is 5.78. The summed E-state index contributed by atoms with van der Waals surface area (Å²) < 4.78 is 5.37. The largest absolute Gasteiger partial charge is 0.412 e. The molecule has 0 aliphatic rings. The van der Waals surface area contributed by atoms with Crippen molar-refractivity contribution >= 4 is 6.09 Å². The molecule has 1 aromatic carbocycles. The van der Waals surface area contributed by atoms with Crippen molar-refractivity contribution in [2.75, 3.05) is 34.7 Å². The molecule has 0 fully saturated rings. The van der Waals surface area contributed by atoms with E-state index in [1.807, 2.05) is 47.2 Å². The van der Waals surface area contributed by atoms with Crippen LogP contribution in [0, 0.1) is 0 Å². The van der Waals surface area contributed by atoms with Crippen LogP contribution in [0.3, 0.4) is 0 Å². The number of hydrogen-bond donors (Lipinski definition) is 1. The fraction of sp³-hybridized carbons (Fsp3) is 0.562. The molecule has 0 radical (unpaired) electrons. The number of nitrogens with one attached hydrogen (secondary N) is 1. The first-order chi connectivity index (χ1) is 9.90. The molecule has 0 atom stereocenters. The van der Waals surface area contributed by atoms with E-state index in [0.717, 1.165) is 30.6 Å². The lowest BCUT2D eigenvalue weighted by atomic mass is 10.1. The van der Waals surface area contributed by atoms with Crippen molar-refractivity contribution in [1.29, 1.82) is 0 Å². The molecule has 1 N–H and O–H groups in total.